The van der Waals surface area contributed by atoms with E-state index in [4.69, 9.17) is 47.4 Å². The molecule has 0 amide bonds. The van der Waals surface area contributed by atoms with E-state index in [2.05, 4.69) is 14.4 Å². The van der Waals surface area contributed by atoms with Crippen LogP contribution in [-0.2, 0) is 63.1 Å². The van der Waals surface area contributed by atoms with Gasteiger partial charge in [-0.25, -0.2) is 0 Å². The number of ketones is 3. The first kappa shape index (κ1) is 86.5. The van der Waals surface area contributed by atoms with Crippen molar-refractivity contribution in [3.8, 4) is 0 Å². The van der Waals surface area contributed by atoms with E-state index in [9.17, 15) is 63.5 Å². The molecule has 0 aliphatic heterocycles. The fraction of sp³-hybridized carbons (Fsp3) is 0.615. The Morgan fingerprint density at radius 2 is 1.16 bits per heavy atom. The predicted molar refractivity (Wildman–Crippen MR) is 164 cm³/mol. The molecular formula is C26H38F9K2O18Pr2S-2. The van der Waals surface area contributed by atoms with Crippen LogP contribution in [0.2, 0.25) is 0 Å². The van der Waals surface area contributed by atoms with Crippen LogP contribution >= 0.6 is 0 Å². The van der Waals surface area contributed by atoms with Crippen LogP contribution in [0.5, 0.6) is 0 Å². The molecule has 329 valence electrons. The fourth-order valence-corrected chi connectivity index (χ4v) is 1.74. The summed E-state index contributed by atoms with van der Waals surface area (Å²) in [7, 11) is -4.67. The summed E-state index contributed by atoms with van der Waals surface area (Å²) in [6, 6.07) is 0. The molecule has 0 rings (SSSR count). The van der Waals surface area contributed by atoms with Gasteiger partial charge in [-0.05, 0) is 39.7 Å². The van der Waals surface area contributed by atoms with Crippen LogP contribution in [0.4, 0.5) is 39.5 Å². The monoisotopic (exact) mass is 1200 g/mol. The summed E-state index contributed by atoms with van der Waals surface area (Å²) in [5.74, 6) is -3.59. The van der Waals surface area contributed by atoms with Crippen LogP contribution in [0.25, 0.3) is 0 Å². The summed E-state index contributed by atoms with van der Waals surface area (Å²) in [4.78, 5) is 79.8. The van der Waals surface area contributed by atoms with Crippen molar-refractivity contribution in [2.45, 2.75) is 104 Å². The summed E-state index contributed by atoms with van der Waals surface area (Å²) in [6.45, 7) is 8.07. The first-order valence-electron chi connectivity index (χ1n) is 13.4. The normalized spacial score (nSPS) is 10.7. The smallest absolute Gasteiger partial charge is 0.783 e. The van der Waals surface area contributed by atoms with Gasteiger partial charge < -0.3 is 39.4 Å². The van der Waals surface area contributed by atoms with Gasteiger partial charge in [-0.1, -0.05) is 13.8 Å². The van der Waals surface area contributed by atoms with Crippen molar-refractivity contribution in [3.05, 3.63) is 12.2 Å². The van der Waals surface area contributed by atoms with Crippen LogP contribution < -0.4 is 56.6 Å². The van der Waals surface area contributed by atoms with Crippen LogP contribution in [0.1, 0.15) is 74.6 Å². The largest absolute Gasteiger partial charge is 1.00 e. The number of carbonyl (C=O) groups is 6. The molecule has 18 nitrogen and oxygen atoms in total. The molecule has 0 heterocycles. The average Bonchev–Trinajstić information content (AvgIpc) is 2.95. The molecule has 0 bridgehead atoms. The Morgan fingerprint density at radius 3 is 1.28 bits per heavy atom. The molecule has 0 saturated carbocycles. The third-order valence-electron chi connectivity index (χ3n) is 3.52. The van der Waals surface area contributed by atoms with Crippen LogP contribution in [-0.4, -0.2) is 159 Å². The van der Waals surface area contributed by atoms with Gasteiger partial charge >= 0.3 is 92.3 Å². The second-order valence-corrected chi connectivity index (χ2v) is 9.57. The van der Waals surface area contributed by atoms with Gasteiger partial charge in [-0.15, -0.1) is 12.9 Å². The fourth-order valence-electron chi connectivity index (χ4n) is 1.74. The Balaban J connectivity index is -0.0000000451. The van der Waals surface area contributed by atoms with E-state index in [0.29, 0.717) is 18.9 Å². The van der Waals surface area contributed by atoms with Crippen molar-refractivity contribution in [2.24, 2.45) is 0 Å². The Hall–Kier alpha value is 1.46. The van der Waals surface area contributed by atoms with Crippen molar-refractivity contribution >= 4 is 110 Å². The maximum absolute atomic E-state index is 12.3. The zero-order valence-electron chi connectivity index (χ0n) is 31.6. The van der Waals surface area contributed by atoms with Crippen LogP contribution in [0, 0.1) is 82.6 Å². The number of hydrogen-bond acceptors (Lipinski definition) is 15. The number of aliphatic hydroxyl groups is 1. The number of aliphatic carboxylic acids is 1. The summed E-state index contributed by atoms with van der Waals surface area (Å²) in [5, 5.41) is 24.6. The van der Waals surface area contributed by atoms with E-state index in [1.165, 1.54) is 0 Å². The number of rotatable bonds is 13. The zero-order chi connectivity index (χ0) is 44.9. The molecule has 0 aromatic carbocycles. The van der Waals surface area contributed by atoms with Crippen molar-refractivity contribution < 1.29 is 261 Å². The minimum atomic E-state index is -4.69. The number of allylic oxidation sites excluding steroid dienone is 2. The quantitative estimate of drug-likeness (QED) is 0.0172. The molecule has 32 heteroatoms. The van der Waals surface area contributed by atoms with Crippen molar-refractivity contribution in [3.63, 3.8) is 0 Å². The number of alkyl halides is 9. The minimum Gasteiger partial charge on any atom is -0.783 e. The second-order valence-electron chi connectivity index (χ2n) is 8.68. The third-order valence-corrected chi connectivity index (χ3v) is 3.52. The SMILES string of the molecule is CC(=O)/C=C/C(F)(F)F.CC(=O)CC(O)C(F)(F)F.CCCC(=O)O.CCCC(=O)OC(CC(C)=O)C(F)(F)F.O=CO[O-].O=S(=O)(O)O.O=[C-]O[C-]=O.[2HH].[K+].[K].[Pr].[Pr]. The van der Waals surface area contributed by atoms with Gasteiger partial charge in [0.15, 0.2) is 11.9 Å². The van der Waals surface area contributed by atoms with E-state index in [-0.39, 0.29) is 206 Å². The average molecular weight is 1200 g/mol. The molecule has 0 aliphatic rings. The predicted octanol–water partition coefficient (Wildman–Crippen LogP) is -0.518. The molecule has 58 heavy (non-hydrogen) atoms. The van der Waals surface area contributed by atoms with E-state index in [0.717, 1.165) is 40.1 Å². The zero-order valence-corrected chi connectivity index (χ0v) is 46.1. The maximum Gasteiger partial charge on any atom is 1.00 e. The van der Waals surface area contributed by atoms with Gasteiger partial charge in [-0.2, -0.15) is 47.9 Å². The topological polar surface area (TPSA) is 302 Å². The number of hydrogen-bond donors (Lipinski definition) is 4. The maximum atomic E-state index is 12.3. The van der Waals surface area contributed by atoms with E-state index in [1.54, 1.807) is 6.92 Å². The molecule has 2 atom stereocenters. The number of aliphatic hydroxyl groups excluding tert-OH is 1. The summed E-state index contributed by atoms with van der Waals surface area (Å²) in [6.07, 6.45) is -18.5. The van der Waals surface area contributed by atoms with Crippen molar-refractivity contribution in [1.82, 2.24) is 0 Å². The Morgan fingerprint density at radius 1 is 0.810 bits per heavy atom. The Bertz CT molecular complexity index is 1220. The van der Waals surface area contributed by atoms with Crippen molar-refractivity contribution in [1.29, 1.82) is 0 Å². The first-order valence-corrected chi connectivity index (χ1v) is 14.8. The van der Waals surface area contributed by atoms with Crippen LogP contribution in [0.15, 0.2) is 12.2 Å². The standard InChI is InChI=1S/C9H13F3O3.C5H7F3O2.C5H5F3O.C4H8O2.C2O3.CH2O3.2K.H2O4S.2Pr.H2/c1-3-4-8(14)15-7(5-6(2)13)9(10,11)12;1-3(9)2-4(10)5(6,7)8;1-4(9)2-3-5(6,7)8;1-2-3-4(5)6;3-1-5-2-4;2-1-4-3;;;1-5(2,3)4;;;/h7H,3-5H2,1-2H3;4,10H,2H2,1H3;2-3H,1H3;2-3H2,1H3,(H,5,6);;1,3H;;;(H2,1,2,3,4);;;1H/q;;;;-2;;;+1;;;;/p-1/b;;3-2+;;;;;;;;;/i;;;;;;;;;;;1+1. The number of carboxylic acid groups (broad SMARTS) is 1. The number of halogens is 9. The second kappa shape index (κ2) is 52.8. The molecule has 3 radical (unpaired) electrons. The summed E-state index contributed by atoms with van der Waals surface area (Å²) in [5.41, 5.74) is 0. The van der Waals surface area contributed by atoms with Crippen molar-refractivity contribution in [2.75, 3.05) is 0 Å². The molecule has 0 spiro atoms. The summed E-state index contributed by atoms with van der Waals surface area (Å²) >= 11 is 0. The van der Waals surface area contributed by atoms with Gasteiger partial charge in [0.25, 0.3) is 6.47 Å². The Labute approximate surface area is 479 Å². The molecule has 0 aromatic rings. The summed E-state index contributed by atoms with van der Waals surface area (Å²) < 4.78 is 143. The molecule has 0 aliphatic carbocycles. The van der Waals surface area contributed by atoms with Gasteiger partial charge in [0, 0.05) is 161 Å². The minimum absolute atomic E-state index is 0. The molecule has 4 N–H and O–H groups in total. The molecular weight excluding hydrogens is 1160 g/mol. The number of carboxylic acids is 1. The number of Topliss-reactive ketones (excluding diaryl/α,β-unsaturated/α-hetero) is 2. The molecule has 0 aromatic heterocycles. The van der Waals surface area contributed by atoms with E-state index < -0.39 is 83.3 Å². The molecule has 0 saturated heterocycles. The van der Waals surface area contributed by atoms with E-state index in [1.807, 2.05) is 6.92 Å². The third kappa shape index (κ3) is 112. The van der Waals surface area contributed by atoms with Gasteiger partial charge in [0.2, 0.25) is 6.10 Å². The molecule has 2 unspecified atom stereocenters. The molecule has 0 fully saturated rings. The van der Waals surface area contributed by atoms with Gasteiger partial charge in [-0.3, -0.25) is 37.9 Å². The Kier molecular flexibility index (Phi) is 78.8. The number of carbonyl (C=O) groups excluding carboxylic acids is 7. The first-order chi connectivity index (χ1) is 24.1. The van der Waals surface area contributed by atoms with Crippen LogP contribution in [0.3, 0.4) is 0 Å². The van der Waals surface area contributed by atoms with E-state index >= 15 is 0 Å². The van der Waals surface area contributed by atoms with Gasteiger partial charge in [0.05, 0.1) is 6.42 Å². The number of ether oxygens (including phenoxy) is 2. The van der Waals surface area contributed by atoms with Gasteiger partial charge in [0.1, 0.15) is 11.6 Å². The number of esters is 1.